The van der Waals surface area contributed by atoms with Crippen molar-refractivity contribution in [2.75, 3.05) is 13.7 Å². The van der Waals surface area contributed by atoms with Crippen molar-refractivity contribution in [1.82, 2.24) is 25.1 Å². The number of benzene rings is 2. The lowest BCUT2D eigenvalue weighted by molar-refractivity contribution is -0.133. The Morgan fingerprint density at radius 3 is 2.70 bits per heavy atom. The SMILES string of the molecule is Cc1ccccc1CN(C)C(=O)COC(=O)c1cccc(-n2cnnn2)c1. The fraction of sp³-hybridized carbons (Fsp3) is 0.211. The Hall–Kier alpha value is -3.55. The van der Waals surface area contributed by atoms with Crippen molar-refractivity contribution < 1.29 is 14.3 Å². The van der Waals surface area contributed by atoms with Crippen LogP contribution in [0.2, 0.25) is 0 Å². The fourth-order valence-electron chi connectivity index (χ4n) is 2.51. The van der Waals surface area contributed by atoms with Gasteiger partial charge in [0.2, 0.25) is 0 Å². The molecule has 2 aromatic carbocycles. The highest BCUT2D eigenvalue weighted by atomic mass is 16.5. The standard InChI is InChI=1S/C19H19N5O3/c1-14-6-3-4-7-16(14)11-23(2)18(25)12-27-19(26)15-8-5-9-17(10-15)24-13-20-21-22-24/h3-10,13H,11-12H2,1-2H3. The zero-order valence-corrected chi connectivity index (χ0v) is 15.1. The summed E-state index contributed by atoms with van der Waals surface area (Å²) in [6.07, 6.45) is 1.43. The highest BCUT2D eigenvalue weighted by Crippen LogP contribution is 2.11. The number of likely N-dealkylation sites (N-methyl/N-ethyl adjacent to an activating group) is 1. The predicted octanol–water partition coefficient (Wildman–Crippen LogP) is 1.79. The Bertz CT molecular complexity index is 940. The van der Waals surface area contributed by atoms with Gasteiger partial charge < -0.3 is 9.64 Å². The molecule has 0 aliphatic carbocycles. The smallest absolute Gasteiger partial charge is 0.338 e. The van der Waals surface area contributed by atoms with Gasteiger partial charge in [-0.1, -0.05) is 30.3 Å². The largest absolute Gasteiger partial charge is 0.452 e. The zero-order chi connectivity index (χ0) is 19.2. The number of carbonyl (C=O) groups excluding carboxylic acids is 2. The minimum absolute atomic E-state index is 0.275. The third-order valence-corrected chi connectivity index (χ3v) is 4.12. The topological polar surface area (TPSA) is 90.2 Å². The summed E-state index contributed by atoms with van der Waals surface area (Å²) in [5.41, 5.74) is 3.09. The quantitative estimate of drug-likeness (QED) is 0.619. The van der Waals surface area contributed by atoms with Crippen molar-refractivity contribution in [3.8, 4) is 5.69 Å². The molecule has 0 saturated carbocycles. The van der Waals surface area contributed by atoms with Crippen LogP contribution in [0.25, 0.3) is 5.69 Å². The predicted molar refractivity (Wildman–Crippen MR) is 97.1 cm³/mol. The van der Waals surface area contributed by atoms with E-state index < -0.39 is 5.97 Å². The van der Waals surface area contributed by atoms with Gasteiger partial charge in [-0.05, 0) is 46.7 Å². The van der Waals surface area contributed by atoms with E-state index in [0.717, 1.165) is 11.1 Å². The Labute approximate surface area is 156 Å². The normalized spacial score (nSPS) is 10.4. The maximum atomic E-state index is 12.3. The zero-order valence-electron chi connectivity index (χ0n) is 15.1. The lowest BCUT2D eigenvalue weighted by Gasteiger charge is -2.18. The highest BCUT2D eigenvalue weighted by Gasteiger charge is 2.15. The van der Waals surface area contributed by atoms with Crippen LogP contribution in [0.5, 0.6) is 0 Å². The maximum absolute atomic E-state index is 12.3. The van der Waals surface area contributed by atoms with E-state index in [4.69, 9.17) is 4.74 Å². The molecule has 0 atom stereocenters. The summed E-state index contributed by atoms with van der Waals surface area (Å²) in [7, 11) is 1.68. The van der Waals surface area contributed by atoms with Gasteiger partial charge in [0.25, 0.3) is 5.91 Å². The number of carbonyl (C=O) groups is 2. The first-order valence-electron chi connectivity index (χ1n) is 8.33. The number of amides is 1. The van der Waals surface area contributed by atoms with Crippen molar-refractivity contribution in [3.05, 3.63) is 71.5 Å². The van der Waals surface area contributed by atoms with Crippen LogP contribution in [0.15, 0.2) is 54.9 Å². The van der Waals surface area contributed by atoms with Crippen molar-refractivity contribution >= 4 is 11.9 Å². The van der Waals surface area contributed by atoms with Gasteiger partial charge >= 0.3 is 5.97 Å². The number of tetrazole rings is 1. The van der Waals surface area contributed by atoms with Gasteiger partial charge in [0.05, 0.1) is 11.3 Å². The van der Waals surface area contributed by atoms with Crippen molar-refractivity contribution in [1.29, 1.82) is 0 Å². The van der Waals surface area contributed by atoms with E-state index in [9.17, 15) is 9.59 Å². The highest BCUT2D eigenvalue weighted by molar-refractivity contribution is 5.91. The molecule has 8 heteroatoms. The Morgan fingerprint density at radius 2 is 1.96 bits per heavy atom. The van der Waals surface area contributed by atoms with E-state index in [1.165, 1.54) is 15.9 Å². The Kier molecular flexibility index (Phi) is 5.55. The third kappa shape index (κ3) is 4.55. The molecule has 3 aromatic rings. The molecule has 0 aliphatic rings. The molecule has 0 radical (unpaired) electrons. The molecule has 1 amide bonds. The molecule has 0 N–H and O–H groups in total. The number of hydrogen-bond donors (Lipinski definition) is 0. The van der Waals surface area contributed by atoms with Gasteiger partial charge in [0, 0.05) is 13.6 Å². The first-order chi connectivity index (χ1) is 13.0. The van der Waals surface area contributed by atoms with E-state index >= 15 is 0 Å². The minimum Gasteiger partial charge on any atom is -0.452 e. The number of hydrogen-bond acceptors (Lipinski definition) is 6. The van der Waals surface area contributed by atoms with Crippen molar-refractivity contribution in [2.24, 2.45) is 0 Å². The van der Waals surface area contributed by atoms with Crippen LogP contribution < -0.4 is 0 Å². The summed E-state index contributed by atoms with van der Waals surface area (Å²) in [6.45, 7) is 2.12. The number of nitrogens with zero attached hydrogens (tertiary/aromatic N) is 5. The van der Waals surface area contributed by atoms with Crippen molar-refractivity contribution in [3.63, 3.8) is 0 Å². The van der Waals surface area contributed by atoms with E-state index in [0.29, 0.717) is 17.8 Å². The Balaban J connectivity index is 1.58. The molecule has 0 fully saturated rings. The van der Waals surface area contributed by atoms with Gasteiger partial charge in [-0.3, -0.25) is 4.79 Å². The molecule has 27 heavy (non-hydrogen) atoms. The number of aromatic nitrogens is 4. The number of aryl methyl sites for hydroxylation is 1. The van der Waals surface area contributed by atoms with Crippen LogP contribution in [0, 0.1) is 6.92 Å². The van der Waals surface area contributed by atoms with Gasteiger partial charge in [0.1, 0.15) is 6.33 Å². The maximum Gasteiger partial charge on any atom is 0.338 e. The lowest BCUT2D eigenvalue weighted by atomic mass is 10.1. The fourth-order valence-corrected chi connectivity index (χ4v) is 2.51. The monoisotopic (exact) mass is 365 g/mol. The first-order valence-corrected chi connectivity index (χ1v) is 8.33. The number of esters is 1. The molecule has 0 unspecified atom stereocenters. The lowest BCUT2D eigenvalue weighted by Crippen LogP contribution is -2.31. The molecule has 8 nitrogen and oxygen atoms in total. The molecule has 0 saturated heterocycles. The second-order valence-electron chi connectivity index (χ2n) is 6.06. The minimum atomic E-state index is -0.581. The van der Waals surface area contributed by atoms with Crippen LogP contribution in [0.1, 0.15) is 21.5 Å². The van der Waals surface area contributed by atoms with Gasteiger partial charge in [-0.15, -0.1) is 5.10 Å². The van der Waals surface area contributed by atoms with Crippen LogP contribution in [0.4, 0.5) is 0 Å². The molecule has 1 heterocycles. The first kappa shape index (κ1) is 18.2. The van der Waals surface area contributed by atoms with Gasteiger partial charge in [-0.25, -0.2) is 9.48 Å². The number of ether oxygens (including phenoxy) is 1. The van der Waals surface area contributed by atoms with Gasteiger partial charge in [-0.2, -0.15) is 0 Å². The molecule has 138 valence electrons. The van der Waals surface area contributed by atoms with E-state index in [1.54, 1.807) is 31.3 Å². The summed E-state index contributed by atoms with van der Waals surface area (Å²) in [6, 6.07) is 14.5. The van der Waals surface area contributed by atoms with Crippen LogP contribution >= 0.6 is 0 Å². The van der Waals surface area contributed by atoms with Crippen LogP contribution in [-0.2, 0) is 16.1 Å². The Morgan fingerprint density at radius 1 is 1.15 bits per heavy atom. The summed E-state index contributed by atoms with van der Waals surface area (Å²) in [5, 5.41) is 10.9. The third-order valence-electron chi connectivity index (χ3n) is 4.12. The van der Waals surface area contributed by atoms with Crippen molar-refractivity contribution in [2.45, 2.75) is 13.5 Å². The average molecular weight is 365 g/mol. The molecule has 0 spiro atoms. The molecular weight excluding hydrogens is 346 g/mol. The average Bonchev–Trinajstić information content (AvgIpc) is 3.22. The van der Waals surface area contributed by atoms with Gasteiger partial charge in [0.15, 0.2) is 6.61 Å². The van der Waals surface area contributed by atoms with Crippen LogP contribution in [-0.4, -0.2) is 50.6 Å². The summed E-state index contributed by atoms with van der Waals surface area (Å²) in [5.74, 6) is -0.856. The second-order valence-corrected chi connectivity index (χ2v) is 6.06. The number of rotatable bonds is 6. The molecule has 3 rings (SSSR count). The van der Waals surface area contributed by atoms with E-state index in [2.05, 4.69) is 15.5 Å². The summed E-state index contributed by atoms with van der Waals surface area (Å²) >= 11 is 0. The van der Waals surface area contributed by atoms with E-state index in [1.807, 2.05) is 31.2 Å². The molecule has 1 aromatic heterocycles. The van der Waals surface area contributed by atoms with Crippen LogP contribution in [0.3, 0.4) is 0 Å². The second kappa shape index (κ2) is 8.22. The molecule has 0 aliphatic heterocycles. The summed E-state index contributed by atoms with van der Waals surface area (Å²) < 4.78 is 6.59. The molecule has 0 bridgehead atoms. The molecular formula is C19H19N5O3. The summed E-state index contributed by atoms with van der Waals surface area (Å²) in [4.78, 5) is 26.1. The van der Waals surface area contributed by atoms with E-state index in [-0.39, 0.29) is 12.5 Å².